The topological polar surface area (TPSA) is 49.3 Å². The van der Waals surface area contributed by atoms with Crippen LogP contribution in [0.1, 0.15) is 27.6 Å². The number of amides is 1. The smallest absolute Gasteiger partial charge is 0.257 e. The SMILES string of the molecule is O=C(Nc1ccc(Cl)cc1[C@@H](O)c1ccccc1)c1ccc(Cl)cc1Cl. The number of carbonyl (C=O) groups excluding carboxylic acids is 1. The predicted molar refractivity (Wildman–Crippen MR) is 106 cm³/mol. The zero-order chi connectivity index (χ0) is 18.7. The number of hydrogen-bond acceptors (Lipinski definition) is 2. The van der Waals surface area contributed by atoms with Gasteiger partial charge < -0.3 is 10.4 Å². The summed E-state index contributed by atoms with van der Waals surface area (Å²) >= 11 is 18.1. The van der Waals surface area contributed by atoms with Crippen LogP contribution in [-0.4, -0.2) is 11.0 Å². The molecule has 0 aliphatic heterocycles. The summed E-state index contributed by atoms with van der Waals surface area (Å²) in [6, 6.07) is 18.7. The largest absolute Gasteiger partial charge is 0.384 e. The Morgan fingerprint density at radius 2 is 1.54 bits per heavy atom. The number of benzene rings is 3. The molecular formula is C20H14Cl3NO2. The maximum Gasteiger partial charge on any atom is 0.257 e. The molecule has 0 unspecified atom stereocenters. The van der Waals surface area contributed by atoms with Crippen LogP contribution in [0.2, 0.25) is 15.1 Å². The molecule has 0 aromatic heterocycles. The molecule has 26 heavy (non-hydrogen) atoms. The lowest BCUT2D eigenvalue weighted by Gasteiger charge is -2.17. The first-order valence-corrected chi connectivity index (χ1v) is 8.88. The van der Waals surface area contributed by atoms with E-state index in [-0.39, 0.29) is 10.6 Å². The first-order chi connectivity index (χ1) is 12.5. The van der Waals surface area contributed by atoms with Crippen molar-refractivity contribution in [3.05, 3.63) is 98.5 Å². The summed E-state index contributed by atoms with van der Waals surface area (Å²) in [6.07, 6.45) is -0.939. The van der Waals surface area contributed by atoms with Gasteiger partial charge in [-0.05, 0) is 42.0 Å². The van der Waals surface area contributed by atoms with Gasteiger partial charge in [-0.1, -0.05) is 65.1 Å². The van der Waals surface area contributed by atoms with E-state index in [1.807, 2.05) is 18.2 Å². The third kappa shape index (κ3) is 4.19. The average Bonchev–Trinajstić information content (AvgIpc) is 2.63. The predicted octanol–water partition coefficient (Wildman–Crippen LogP) is 5.98. The first kappa shape index (κ1) is 18.7. The second kappa shape index (κ2) is 8.11. The fourth-order valence-corrected chi connectivity index (χ4v) is 3.23. The Bertz CT molecular complexity index is 945. The fourth-order valence-electron chi connectivity index (χ4n) is 2.55. The van der Waals surface area contributed by atoms with Crippen molar-refractivity contribution in [2.45, 2.75) is 6.10 Å². The van der Waals surface area contributed by atoms with Gasteiger partial charge in [0, 0.05) is 21.3 Å². The Balaban J connectivity index is 1.94. The summed E-state index contributed by atoms with van der Waals surface area (Å²) < 4.78 is 0. The Kier molecular flexibility index (Phi) is 5.84. The van der Waals surface area contributed by atoms with Gasteiger partial charge >= 0.3 is 0 Å². The number of carbonyl (C=O) groups is 1. The molecule has 0 fully saturated rings. The van der Waals surface area contributed by atoms with Crippen molar-refractivity contribution in [2.75, 3.05) is 5.32 Å². The van der Waals surface area contributed by atoms with E-state index >= 15 is 0 Å². The highest BCUT2D eigenvalue weighted by molar-refractivity contribution is 6.37. The van der Waals surface area contributed by atoms with Crippen LogP contribution in [0, 0.1) is 0 Å². The van der Waals surface area contributed by atoms with Gasteiger partial charge in [0.25, 0.3) is 5.91 Å². The van der Waals surface area contributed by atoms with Crippen LogP contribution in [0.5, 0.6) is 0 Å². The number of aliphatic hydroxyl groups is 1. The fraction of sp³-hybridized carbons (Fsp3) is 0.0500. The lowest BCUT2D eigenvalue weighted by Crippen LogP contribution is -2.15. The van der Waals surface area contributed by atoms with Crippen LogP contribution in [0.15, 0.2) is 66.7 Å². The minimum absolute atomic E-state index is 0.245. The number of anilines is 1. The molecule has 0 aliphatic rings. The van der Waals surface area contributed by atoms with Gasteiger partial charge in [-0.2, -0.15) is 0 Å². The monoisotopic (exact) mass is 405 g/mol. The molecule has 0 spiro atoms. The van der Waals surface area contributed by atoms with Crippen molar-refractivity contribution in [1.82, 2.24) is 0 Å². The van der Waals surface area contributed by atoms with E-state index < -0.39 is 12.0 Å². The van der Waals surface area contributed by atoms with E-state index in [2.05, 4.69) is 5.32 Å². The molecule has 3 rings (SSSR count). The molecule has 1 amide bonds. The number of halogens is 3. The van der Waals surface area contributed by atoms with E-state index in [0.717, 1.165) is 0 Å². The van der Waals surface area contributed by atoms with Crippen LogP contribution in [-0.2, 0) is 0 Å². The molecule has 0 aliphatic carbocycles. The summed E-state index contributed by atoms with van der Waals surface area (Å²) in [5, 5.41) is 14.6. The molecule has 0 radical (unpaired) electrons. The summed E-state index contributed by atoms with van der Waals surface area (Å²) in [5.41, 5.74) is 1.91. The van der Waals surface area contributed by atoms with Gasteiger partial charge in [0.1, 0.15) is 6.10 Å². The second-order valence-electron chi connectivity index (χ2n) is 5.62. The van der Waals surface area contributed by atoms with Crippen LogP contribution < -0.4 is 5.32 Å². The van der Waals surface area contributed by atoms with Crippen molar-refractivity contribution in [3.8, 4) is 0 Å². The lowest BCUT2D eigenvalue weighted by atomic mass is 9.99. The van der Waals surface area contributed by atoms with Crippen molar-refractivity contribution in [3.63, 3.8) is 0 Å². The third-order valence-corrected chi connectivity index (χ3v) is 4.63. The molecule has 3 aromatic carbocycles. The molecule has 6 heteroatoms. The summed E-state index contributed by atoms with van der Waals surface area (Å²) in [7, 11) is 0. The summed E-state index contributed by atoms with van der Waals surface area (Å²) in [5.74, 6) is -0.407. The Morgan fingerprint density at radius 1 is 0.885 bits per heavy atom. The van der Waals surface area contributed by atoms with Gasteiger partial charge in [-0.15, -0.1) is 0 Å². The Labute approximate surface area is 166 Å². The van der Waals surface area contributed by atoms with Crippen LogP contribution in [0.4, 0.5) is 5.69 Å². The average molecular weight is 407 g/mol. The van der Waals surface area contributed by atoms with Gasteiger partial charge in [-0.3, -0.25) is 4.79 Å². The first-order valence-electron chi connectivity index (χ1n) is 7.74. The highest BCUT2D eigenvalue weighted by atomic mass is 35.5. The number of aliphatic hydroxyl groups excluding tert-OH is 1. The zero-order valence-electron chi connectivity index (χ0n) is 13.4. The molecule has 132 valence electrons. The standard InChI is InChI=1S/C20H14Cl3NO2/c21-13-7-9-18(16(10-13)19(25)12-4-2-1-3-5-12)24-20(26)15-8-6-14(22)11-17(15)23/h1-11,19,25H,(H,24,26)/t19-/m0/s1. The molecule has 0 saturated carbocycles. The number of hydrogen-bond donors (Lipinski definition) is 2. The van der Waals surface area contributed by atoms with Crippen molar-refractivity contribution in [1.29, 1.82) is 0 Å². The Hall–Kier alpha value is -2.04. The summed E-state index contributed by atoms with van der Waals surface area (Å²) in [4.78, 5) is 12.6. The van der Waals surface area contributed by atoms with Gasteiger partial charge in [-0.25, -0.2) is 0 Å². The van der Waals surface area contributed by atoms with Crippen molar-refractivity contribution in [2.24, 2.45) is 0 Å². The van der Waals surface area contributed by atoms with Gasteiger partial charge in [0.15, 0.2) is 0 Å². The van der Waals surface area contributed by atoms with E-state index in [1.54, 1.807) is 42.5 Å². The molecule has 3 nitrogen and oxygen atoms in total. The van der Waals surface area contributed by atoms with Crippen LogP contribution in [0.25, 0.3) is 0 Å². The zero-order valence-corrected chi connectivity index (χ0v) is 15.7. The van der Waals surface area contributed by atoms with E-state index in [4.69, 9.17) is 34.8 Å². The van der Waals surface area contributed by atoms with Gasteiger partial charge in [0.2, 0.25) is 0 Å². The molecule has 3 aromatic rings. The quantitative estimate of drug-likeness (QED) is 0.560. The molecule has 1 atom stereocenters. The summed E-state index contributed by atoms with van der Waals surface area (Å²) in [6.45, 7) is 0. The van der Waals surface area contributed by atoms with Gasteiger partial charge in [0.05, 0.1) is 10.6 Å². The highest BCUT2D eigenvalue weighted by Crippen LogP contribution is 2.31. The van der Waals surface area contributed by atoms with Crippen molar-refractivity contribution < 1.29 is 9.90 Å². The van der Waals surface area contributed by atoms with Crippen LogP contribution >= 0.6 is 34.8 Å². The maximum atomic E-state index is 12.6. The molecule has 0 saturated heterocycles. The molecular weight excluding hydrogens is 393 g/mol. The minimum atomic E-state index is -0.939. The highest BCUT2D eigenvalue weighted by Gasteiger charge is 2.18. The van der Waals surface area contributed by atoms with E-state index in [0.29, 0.717) is 26.9 Å². The second-order valence-corrected chi connectivity index (χ2v) is 6.90. The number of nitrogens with one attached hydrogen (secondary N) is 1. The molecule has 0 heterocycles. The minimum Gasteiger partial charge on any atom is -0.384 e. The van der Waals surface area contributed by atoms with Crippen LogP contribution in [0.3, 0.4) is 0 Å². The third-order valence-electron chi connectivity index (χ3n) is 3.85. The lowest BCUT2D eigenvalue weighted by molar-refractivity contribution is 0.102. The molecule has 2 N–H and O–H groups in total. The molecule has 0 bridgehead atoms. The maximum absolute atomic E-state index is 12.6. The van der Waals surface area contributed by atoms with Crippen molar-refractivity contribution >= 4 is 46.4 Å². The van der Waals surface area contributed by atoms with E-state index in [9.17, 15) is 9.90 Å². The van der Waals surface area contributed by atoms with E-state index in [1.165, 1.54) is 6.07 Å². The number of rotatable bonds is 4. The Morgan fingerprint density at radius 3 is 2.23 bits per heavy atom. The normalized spacial score (nSPS) is 11.8.